The van der Waals surface area contributed by atoms with E-state index in [4.69, 9.17) is 4.74 Å². The van der Waals surface area contributed by atoms with Gasteiger partial charge in [0, 0.05) is 5.41 Å². The molecule has 0 aliphatic heterocycles. The van der Waals surface area contributed by atoms with Gasteiger partial charge in [-0.1, -0.05) is 26.7 Å². The number of rotatable bonds is 4. The molecule has 0 saturated heterocycles. The number of fused-ring (bicyclic) bond motifs is 2. The van der Waals surface area contributed by atoms with E-state index in [2.05, 4.69) is 13.8 Å². The molecule has 3 saturated carbocycles. The highest BCUT2D eigenvalue weighted by Crippen LogP contribution is 2.53. The molecule has 0 heterocycles. The molecule has 5 rings (SSSR count). The van der Waals surface area contributed by atoms with Gasteiger partial charge in [0.2, 0.25) is 0 Å². The van der Waals surface area contributed by atoms with Crippen LogP contribution in [-0.4, -0.2) is 12.2 Å². The van der Waals surface area contributed by atoms with Gasteiger partial charge in [0.15, 0.2) is 0 Å². The van der Waals surface area contributed by atoms with E-state index in [9.17, 15) is 4.39 Å². The zero-order chi connectivity index (χ0) is 17.5. The van der Waals surface area contributed by atoms with Crippen LogP contribution in [0.2, 0.25) is 0 Å². The molecule has 0 radical (unpaired) electrons. The standard InChI is InChI=1S/C23H37FO/c1-17-3-7-19(8-4-17)20-9-5-18(6-10-20)16-25-23-13-11-22(2,12-14-23)21(24)15-23/h15,17-20H,3-14,16H2,1-2H3. The minimum atomic E-state index is -0.266. The van der Waals surface area contributed by atoms with E-state index < -0.39 is 0 Å². The van der Waals surface area contributed by atoms with Crippen LogP contribution in [0.15, 0.2) is 11.9 Å². The molecule has 3 fully saturated rings. The van der Waals surface area contributed by atoms with Gasteiger partial charge in [0.05, 0.1) is 12.2 Å². The molecule has 2 heteroatoms. The zero-order valence-electron chi connectivity index (χ0n) is 16.4. The van der Waals surface area contributed by atoms with Crippen LogP contribution in [0.25, 0.3) is 0 Å². The lowest BCUT2D eigenvalue weighted by Crippen LogP contribution is -2.45. The summed E-state index contributed by atoms with van der Waals surface area (Å²) < 4.78 is 20.7. The lowest BCUT2D eigenvalue weighted by molar-refractivity contribution is -0.0864. The van der Waals surface area contributed by atoms with Crippen molar-refractivity contribution < 1.29 is 9.13 Å². The van der Waals surface area contributed by atoms with Crippen molar-refractivity contribution in [3.63, 3.8) is 0 Å². The third-order valence-corrected chi connectivity index (χ3v) is 8.39. The van der Waals surface area contributed by atoms with Gasteiger partial charge in [-0.05, 0) is 94.0 Å². The Bertz CT molecular complexity index is 486. The van der Waals surface area contributed by atoms with Crippen molar-refractivity contribution in [2.75, 3.05) is 6.61 Å². The minimum Gasteiger partial charge on any atom is -0.371 e. The quantitative estimate of drug-likeness (QED) is 0.541. The number of ether oxygens (including phenoxy) is 1. The van der Waals surface area contributed by atoms with E-state index in [1.807, 2.05) is 6.08 Å². The molecule has 5 aliphatic carbocycles. The van der Waals surface area contributed by atoms with Crippen molar-refractivity contribution in [1.29, 1.82) is 0 Å². The molecule has 2 bridgehead atoms. The van der Waals surface area contributed by atoms with Crippen molar-refractivity contribution in [3.8, 4) is 0 Å². The predicted octanol–water partition coefficient (Wildman–Crippen LogP) is 6.82. The molecule has 142 valence electrons. The average Bonchev–Trinajstić information content (AvgIpc) is 2.63. The first-order valence-electron chi connectivity index (χ1n) is 11.0. The van der Waals surface area contributed by atoms with Crippen molar-refractivity contribution >= 4 is 0 Å². The van der Waals surface area contributed by atoms with Crippen molar-refractivity contribution in [2.24, 2.45) is 29.1 Å². The topological polar surface area (TPSA) is 9.23 Å². The largest absolute Gasteiger partial charge is 0.371 e. The number of hydrogen-bond donors (Lipinski definition) is 0. The molecule has 0 aromatic heterocycles. The van der Waals surface area contributed by atoms with Crippen LogP contribution in [0.5, 0.6) is 0 Å². The Morgan fingerprint density at radius 2 is 1.48 bits per heavy atom. The zero-order valence-corrected chi connectivity index (χ0v) is 16.4. The highest BCUT2D eigenvalue weighted by atomic mass is 19.1. The Morgan fingerprint density at radius 3 is 2.04 bits per heavy atom. The summed E-state index contributed by atoms with van der Waals surface area (Å²) in [4.78, 5) is 0. The molecular weight excluding hydrogens is 311 g/mol. The molecule has 0 atom stereocenters. The summed E-state index contributed by atoms with van der Waals surface area (Å²) in [5.41, 5.74) is -0.446. The smallest absolute Gasteiger partial charge is 0.105 e. The van der Waals surface area contributed by atoms with Crippen molar-refractivity contribution in [3.05, 3.63) is 11.9 Å². The van der Waals surface area contributed by atoms with Gasteiger partial charge >= 0.3 is 0 Å². The Balaban J connectivity index is 1.24. The maximum atomic E-state index is 14.3. The summed E-state index contributed by atoms with van der Waals surface area (Å²) in [6.07, 6.45) is 17.1. The summed E-state index contributed by atoms with van der Waals surface area (Å²) in [6.45, 7) is 5.35. The first kappa shape index (κ1) is 18.0. The molecule has 0 aromatic rings. The Labute approximate surface area is 153 Å². The third-order valence-electron chi connectivity index (χ3n) is 8.39. The van der Waals surface area contributed by atoms with Gasteiger partial charge in [0.1, 0.15) is 5.83 Å². The van der Waals surface area contributed by atoms with Crippen LogP contribution >= 0.6 is 0 Å². The third kappa shape index (κ3) is 3.70. The fourth-order valence-corrected chi connectivity index (χ4v) is 6.07. The monoisotopic (exact) mass is 348 g/mol. The normalized spacial score (nSPS) is 47.6. The van der Waals surface area contributed by atoms with Gasteiger partial charge in [-0.15, -0.1) is 0 Å². The van der Waals surface area contributed by atoms with Crippen LogP contribution in [0, 0.1) is 29.1 Å². The Morgan fingerprint density at radius 1 is 0.920 bits per heavy atom. The van der Waals surface area contributed by atoms with Crippen LogP contribution in [-0.2, 0) is 4.74 Å². The maximum Gasteiger partial charge on any atom is 0.105 e. The lowest BCUT2D eigenvalue weighted by atomic mass is 9.63. The van der Waals surface area contributed by atoms with E-state index in [1.54, 1.807) is 0 Å². The van der Waals surface area contributed by atoms with E-state index in [0.717, 1.165) is 50.0 Å². The molecule has 0 N–H and O–H groups in total. The molecular formula is C23H37FO. The Kier molecular flexibility index (Phi) is 5.03. The molecule has 25 heavy (non-hydrogen) atoms. The first-order valence-corrected chi connectivity index (χ1v) is 11.0. The van der Waals surface area contributed by atoms with Crippen LogP contribution in [0.3, 0.4) is 0 Å². The van der Waals surface area contributed by atoms with Crippen LogP contribution in [0.4, 0.5) is 4.39 Å². The highest BCUT2D eigenvalue weighted by Gasteiger charge is 2.48. The summed E-state index contributed by atoms with van der Waals surface area (Å²) in [7, 11) is 0. The maximum absolute atomic E-state index is 14.3. The van der Waals surface area contributed by atoms with E-state index in [-0.39, 0.29) is 16.8 Å². The number of allylic oxidation sites excluding steroid dienone is 1. The van der Waals surface area contributed by atoms with Crippen LogP contribution < -0.4 is 0 Å². The summed E-state index contributed by atoms with van der Waals surface area (Å²) in [5.74, 6) is 3.74. The first-order chi connectivity index (χ1) is 12.0. The van der Waals surface area contributed by atoms with Gasteiger partial charge < -0.3 is 4.74 Å². The van der Waals surface area contributed by atoms with Gasteiger partial charge in [-0.3, -0.25) is 0 Å². The van der Waals surface area contributed by atoms with Gasteiger partial charge in [0.25, 0.3) is 0 Å². The fraction of sp³-hybridized carbons (Fsp3) is 0.913. The summed E-state index contributed by atoms with van der Waals surface area (Å²) in [5, 5.41) is 0. The number of hydrogen-bond acceptors (Lipinski definition) is 1. The molecule has 0 aromatic carbocycles. The van der Waals surface area contributed by atoms with Crippen molar-refractivity contribution in [2.45, 2.75) is 96.5 Å². The van der Waals surface area contributed by atoms with E-state index in [0.29, 0.717) is 5.92 Å². The van der Waals surface area contributed by atoms with Crippen molar-refractivity contribution in [1.82, 2.24) is 0 Å². The second-order valence-corrected chi connectivity index (χ2v) is 10.2. The van der Waals surface area contributed by atoms with E-state index >= 15 is 0 Å². The Hall–Kier alpha value is -0.370. The average molecular weight is 349 g/mol. The van der Waals surface area contributed by atoms with E-state index in [1.165, 1.54) is 51.4 Å². The second kappa shape index (κ2) is 6.98. The number of halogens is 1. The highest BCUT2D eigenvalue weighted by molar-refractivity contribution is 5.23. The van der Waals surface area contributed by atoms with Gasteiger partial charge in [-0.2, -0.15) is 0 Å². The lowest BCUT2D eigenvalue weighted by Gasteiger charge is -2.48. The molecule has 1 nitrogen and oxygen atoms in total. The molecule has 5 aliphatic rings. The molecule has 0 amide bonds. The predicted molar refractivity (Wildman–Crippen MR) is 101 cm³/mol. The minimum absolute atomic E-state index is 0.0974. The molecule has 0 unspecified atom stereocenters. The van der Waals surface area contributed by atoms with Crippen LogP contribution in [0.1, 0.15) is 90.9 Å². The van der Waals surface area contributed by atoms with Gasteiger partial charge in [-0.25, -0.2) is 4.39 Å². The SMILES string of the molecule is CC1CCC(C2CCC(COC34C=C(F)C(C)(CC3)CC4)CC2)CC1. The summed E-state index contributed by atoms with van der Waals surface area (Å²) >= 11 is 0. The molecule has 0 spiro atoms. The fourth-order valence-electron chi connectivity index (χ4n) is 6.07. The summed E-state index contributed by atoms with van der Waals surface area (Å²) in [6, 6.07) is 0. The second-order valence-electron chi connectivity index (χ2n) is 10.2.